The SMILES string of the molecule is NCCc1nc(-c2cc(Cl)cc(Br)c2)n[nH]1. The average molecular weight is 302 g/mol. The number of aromatic nitrogens is 3. The van der Waals surface area contributed by atoms with Crippen molar-refractivity contribution in [3.63, 3.8) is 0 Å². The molecule has 1 heterocycles. The van der Waals surface area contributed by atoms with Crippen LogP contribution in [0.4, 0.5) is 0 Å². The van der Waals surface area contributed by atoms with E-state index in [4.69, 9.17) is 17.3 Å². The molecule has 84 valence electrons. The van der Waals surface area contributed by atoms with Crippen molar-refractivity contribution >= 4 is 27.5 Å². The zero-order valence-corrected chi connectivity index (χ0v) is 10.7. The van der Waals surface area contributed by atoms with Crippen molar-refractivity contribution in [3.05, 3.63) is 33.5 Å². The normalized spacial score (nSPS) is 10.7. The number of benzene rings is 1. The van der Waals surface area contributed by atoms with E-state index in [9.17, 15) is 0 Å². The number of nitrogens with one attached hydrogen (secondary N) is 1. The molecule has 0 aliphatic heterocycles. The van der Waals surface area contributed by atoms with Crippen LogP contribution >= 0.6 is 27.5 Å². The number of aromatic amines is 1. The molecule has 3 N–H and O–H groups in total. The Morgan fingerprint density at radius 3 is 2.88 bits per heavy atom. The predicted octanol–water partition coefficient (Wildman–Crippen LogP) is 2.39. The number of hydrogen-bond acceptors (Lipinski definition) is 3. The highest BCUT2D eigenvalue weighted by atomic mass is 79.9. The van der Waals surface area contributed by atoms with Crippen LogP contribution in [0.25, 0.3) is 11.4 Å². The van der Waals surface area contributed by atoms with E-state index in [1.165, 1.54) is 0 Å². The minimum Gasteiger partial charge on any atom is -0.330 e. The van der Waals surface area contributed by atoms with Crippen LogP contribution in [0.15, 0.2) is 22.7 Å². The molecule has 0 aliphatic rings. The molecule has 0 bridgehead atoms. The minimum atomic E-state index is 0.549. The first-order chi connectivity index (χ1) is 7.69. The summed E-state index contributed by atoms with van der Waals surface area (Å²) in [5, 5.41) is 7.61. The summed E-state index contributed by atoms with van der Waals surface area (Å²) in [7, 11) is 0. The van der Waals surface area contributed by atoms with E-state index < -0.39 is 0 Å². The van der Waals surface area contributed by atoms with Crippen LogP contribution in [0.3, 0.4) is 0 Å². The highest BCUT2D eigenvalue weighted by Gasteiger charge is 2.07. The Kier molecular flexibility index (Phi) is 3.58. The van der Waals surface area contributed by atoms with Crippen molar-refractivity contribution < 1.29 is 0 Å². The maximum absolute atomic E-state index is 5.95. The number of nitrogens with zero attached hydrogens (tertiary/aromatic N) is 2. The molecule has 0 fully saturated rings. The first kappa shape index (κ1) is 11.6. The molecule has 6 heteroatoms. The maximum atomic E-state index is 5.95. The van der Waals surface area contributed by atoms with E-state index in [-0.39, 0.29) is 0 Å². The molecule has 0 saturated heterocycles. The molecule has 0 saturated carbocycles. The summed E-state index contributed by atoms with van der Waals surface area (Å²) in [6.45, 7) is 0.549. The Balaban J connectivity index is 2.34. The topological polar surface area (TPSA) is 67.6 Å². The second-order valence-electron chi connectivity index (χ2n) is 3.30. The van der Waals surface area contributed by atoms with Crippen LogP contribution in [0.1, 0.15) is 5.82 Å². The monoisotopic (exact) mass is 300 g/mol. The van der Waals surface area contributed by atoms with Crippen LogP contribution in [0, 0.1) is 0 Å². The van der Waals surface area contributed by atoms with E-state index in [1.54, 1.807) is 0 Å². The predicted molar refractivity (Wildman–Crippen MR) is 67.3 cm³/mol. The third-order valence-corrected chi connectivity index (χ3v) is 2.71. The summed E-state index contributed by atoms with van der Waals surface area (Å²) < 4.78 is 0.903. The third-order valence-electron chi connectivity index (χ3n) is 2.03. The molecule has 4 nitrogen and oxygen atoms in total. The zero-order chi connectivity index (χ0) is 11.5. The van der Waals surface area contributed by atoms with E-state index in [2.05, 4.69) is 31.1 Å². The van der Waals surface area contributed by atoms with Crippen LogP contribution < -0.4 is 5.73 Å². The molecule has 0 aliphatic carbocycles. The van der Waals surface area contributed by atoms with Gasteiger partial charge in [0.1, 0.15) is 5.82 Å². The van der Waals surface area contributed by atoms with Gasteiger partial charge >= 0.3 is 0 Å². The molecular weight excluding hydrogens is 291 g/mol. The number of hydrogen-bond donors (Lipinski definition) is 2. The standard InChI is InChI=1S/C10H10BrClN4/c11-7-3-6(4-8(12)5-7)10-14-9(1-2-13)15-16-10/h3-5H,1-2,13H2,(H,14,15,16). The van der Waals surface area contributed by atoms with Crippen LogP contribution in [-0.2, 0) is 6.42 Å². The van der Waals surface area contributed by atoms with Crippen molar-refractivity contribution in [2.45, 2.75) is 6.42 Å². The van der Waals surface area contributed by atoms with E-state index in [1.807, 2.05) is 18.2 Å². The molecule has 0 spiro atoms. The molecule has 16 heavy (non-hydrogen) atoms. The summed E-state index contributed by atoms with van der Waals surface area (Å²) in [6.07, 6.45) is 0.689. The molecule has 0 atom stereocenters. The summed E-state index contributed by atoms with van der Waals surface area (Å²) >= 11 is 9.33. The van der Waals surface area contributed by atoms with Crippen molar-refractivity contribution in [1.82, 2.24) is 15.2 Å². The first-order valence-electron chi connectivity index (χ1n) is 4.77. The second kappa shape index (κ2) is 4.95. The Morgan fingerprint density at radius 1 is 1.38 bits per heavy atom. The fraction of sp³-hybridized carbons (Fsp3) is 0.200. The van der Waals surface area contributed by atoms with E-state index in [0.717, 1.165) is 15.9 Å². The molecule has 2 rings (SSSR count). The number of nitrogens with two attached hydrogens (primary N) is 1. The van der Waals surface area contributed by atoms with Gasteiger partial charge in [0.15, 0.2) is 5.82 Å². The summed E-state index contributed by atoms with van der Waals surface area (Å²) in [5.74, 6) is 1.42. The molecule has 1 aromatic heterocycles. The van der Waals surface area contributed by atoms with Crippen LogP contribution in [-0.4, -0.2) is 21.7 Å². The average Bonchev–Trinajstić information content (AvgIpc) is 2.65. The van der Waals surface area contributed by atoms with Gasteiger partial charge in [-0.2, -0.15) is 5.10 Å². The summed E-state index contributed by atoms with van der Waals surface area (Å²) in [6, 6.07) is 5.56. The lowest BCUT2D eigenvalue weighted by Gasteiger charge is -1.97. The fourth-order valence-electron chi connectivity index (χ4n) is 1.36. The Labute approximate surface area is 106 Å². The largest absolute Gasteiger partial charge is 0.330 e. The van der Waals surface area contributed by atoms with Gasteiger partial charge in [0.05, 0.1) is 0 Å². The molecule has 0 amide bonds. The Bertz CT molecular complexity index is 477. The minimum absolute atomic E-state index is 0.549. The van der Waals surface area contributed by atoms with Gasteiger partial charge in [0.25, 0.3) is 0 Å². The Hall–Kier alpha value is -0.910. The van der Waals surface area contributed by atoms with Crippen LogP contribution in [0.2, 0.25) is 5.02 Å². The van der Waals surface area contributed by atoms with E-state index in [0.29, 0.717) is 23.8 Å². The quantitative estimate of drug-likeness (QED) is 0.914. The van der Waals surface area contributed by atoms with Gasteiger partial charge in [0, 0.05) is 21.5 Å². The van der Waals surface area contributed by atoms with Gasteiger partial charge in [-0.25, -0.2) is 4.98 Å². The van der Waals surface area contributed by atoms with Gasteiger partial charge in [0.2, 0.25) is 0 Å². The summed E-state index contributed by atoms with van der Waals surface area (Å²) in [5.41, 5.74) is 6.31. The lowest BCUT2D eigenvalue weighted by atomic mass is 10.2. The maximum Gasteiger partial charge on any atom is 0.181 e. The molecule has 2 aromatic rings. The Morgan fingerprint density at radius 2 is 2.19 bits per heavy atom. The van der Waals surface area contributed by atoms with Crippen LogP contribution in [0.5, 0.6) is 0 Å². The fourth-order valence-corrected chi connectivity index (χ4v) is 2.22. The van der Waals surface area contributed by atoms with Gasteiger partial charge in [-0.1, -0.05) is 27.5 Å². The van der Waals surface area contributed by atoms with E-state index >= 15 is 0 Å². The van der Waals surface area contributed by atoms with Crippen molar-refractivity contribution in [3.8, 4) is 11.4 Å². The highest BCUT2D eigenvalue weighted by molar-refractivity contribution is 9.10. The first-order valence-corrected chi connectivity index (χ1v) is 5.94. The van der Waals surface area contributed by atoms with Gasteiger partial charge in [-0.3, -0.25) is 5.10 Å². The number of rotatable bonds is 3. The van der Waals surface area contributed by atoms with Crippen molar-refractivity contribution in [2.24, 2.45) is 5.73 Å². The summed E-state index contributed by atoms with van der Waals surface area (Å²) in [4.78, 5) is 4.33. The lowest BCUT2D eigenvalue weighted by Crippen LogP contribution is -2.03. The lowest BCUT2D eigenvalue weighted by molar-refractivity contribution is 0.874. The third kappa shape index (κ3) is 2.61. The van der Waals surface area contributed by atoms with Crippen molar-refractivity contribution in [1.29, 1.82) is 0 Å². The molecule has 0 unspecified atom stereocenters. The van der Waals surface area contributed by atoms with Gasteiger partial charge in [-0.15, -0.1) is 0 Å². The molecule has 0 radical (unpaired) electrons. The smallest absolute Gasteiger partial charge is 0.181 e. The number of H-pyrrole nitrogens is 1. The zero-order valence-electron chi connectivity index (χ0n) is 8.37. The second-order valence-corrected chi connectivity index (χ2v) is 4.65. The highest BCUT2D eigenvalue weighted by Crippen LogP contribution is 2.25. The van der Waals surface area contributed by atoms with Gasteiger partial charge < -0.3 is 5.73 Å². The molecule has 1 aromatic carbocycles. The molecular formula is C10H10BrClN4. The van der Waals surface area contributed by atoms with Crippen molar-refractivity contribution in [2.75, 3.05) is 6.54 Å². The van der Waals surface area contributed by atoms with Gasteiger partial charge in [-0.05, 0) is 24.7 Å². The number of halogens is 2.